The van der Waals surface area contributed by atoms with Gasteiger partial charge in [-0.2, -0.15) is 0 Å². The van der Waals surface area contributed by atoms with E-state index < -0.39 is 6.10 Å². The Kier molecular flexibility index (Phi) is 3.40. The molecule has 1 aromatic carbocycles. The first kappa shape index (κ1) is 11.6. The molecule has 0 radical (unpaired) electrons. The van der Waals surface area contributed by atoms with E-state index in [-0.39, 0.29) is 0 Å². The van der Waals surface area contributed by atoms with E-state index >= 15 is 0 Å². The Balaban J connectivity index is 2.32. The van der Waals surface area contributed by atoms with Crippen LogP contribution in [0.25, 0.3) is 0 Å². The van der Waals surface area contributed by atoms with Crippen LogP contribution in [-0.4, -0.2) is 17.2 Å². The van der Waals surface area contributed by atoms with E-state index in [1.54, 1.807) is 13.2 Å². The lowest BCUT2D eigenvalue weighted by Gasteiger charge is -2.12. The van der Waals surface area contributed by atoms with Crippen molar-refractivity contribution in [3.05, 3.63) is 59.4 Å². The third kappa shape index (κ3) is 2.45. The molecule has 0 saturated heterocycles. The van der Waals surface area contributed by atoms with Gasteiger partial charge < -0.3 is 9.84 Å². The number of ether oxygens (including phenoxy) is 1. The maximum Gasteiger partial charge on any atom is 0.140 e. The highest BCUT2D eigenvalue weighted by Gasteiger charge is 2.12. The van der Waals surface area contributed by atoms with Crippen molar-refractivity contribution in [3.63, 3.8) is 0 Å². The van der Waals surface area contributed by atoms with Crippen LogP contribution in [0.4, 0.5) is 0 Å². The molecule has 0 aliphatic heterocycles. The monoisotopic (exact) mass is 229 g/mol. The molecule has 0 amide bonds. The molecule has 0 spiro atoms. The van der Waals surface area contributed by atoms with Gasteiger partial charge in [0.25, 0.3) is 0 Å². The van der Waals surface area contributed by atoms with Crippen molar-refractivity contribution in [1.82, 2.24) is 4.98 Å². The smallest absolute Gasteiger partial charge is 0.140 e. The van der Waals surface area contributed by atoms with Crippen LogP contribution < -0.4 is 4.74 Å². The summed E-state index contributed by atoms with van der Waals surface area (Å²) < 4.78 is 5.14. The third-order valence-corrected chi connectivity index (χ3v) is 2.67. The Morgan fingerprint density at radius 3 is 2.41 bits per heavy atom. The van der Waals surface area contributed by atoms with Crippen LogP contribution in [0.1, 0.15) is 23.1 Å². The summed E-state index contributed by atoms with van der Waals surface area (Å²) in [6.07, 6.45) is -0.694. The van der Waals surface area contributed by atoms with Crippen molar-refractivity contribution in [1.29, 1.82) is 0 Å². The van der Waals surface area contributed by atoms with Crippen molar-refractivity contribution < 1.29 is 9.84 Å². The molecule has 3 nitrogen and oxygen atoms in total. The molecule has 3 heteroatoms. The molecule has 0 saturated carbocycles. The van der Waals surface area contributed by atoms with Crippen LogP contribution in [0, 0.1) is 6.92 Å². The number of aliphatic hydroxyl groups is 1. The summed E-state index contributed by atoms with van der Waals surface area (Å²) in [5, 5.41) is 10.2. The molecule has 2 rings (SSSR count). The molecule has 1 N–H and O–H groups in total. The number of pyridine rings is 1. The average Bonchev–Trinajstić information content (AvgIpc) is 2.39. The lowest BCUT2D eigenvalue weighted by molar-refractivity contribution is 0.215. The number of hydrogen-bond donors (Lipinski definition) is 1. The first-order valence-corrected chi connectivity index (χ1v) is 5.47. The second kappa shape index (κ2) is 4.97. The Morgan fingerprint density at radius 2 is 1.82 bits per heavy atom. The fourth-order valence-corrected chi connectivity index (χ4v) is 1.74. The molecule has 0 bridgehead atoms. The van der Waals surface area contributed by atoms with E-state index in [0.29, 0.717) is 5.69 Å². The minimum Gasteiger partial charge on any atom is -0.495 e. The number of aromatic nitrogens is 1. The highest BCUT2D eigenvalue weighted by molar-refractivity contribution is 5.32. The largest absolute Gasteiger partial charge is 0.495 e. The Morgan fingerprint density at radius 1 is 1.12 bits per heavy atom. The Bertz CT molecular complexity index is 497. The lowest BCUT2D eigenvalue weighted by Crippen LogP contribution is -2.04. The van der Waals surface area contributed by atoms with Gasteiger partial charge in [-0.1, -0.05) is 30.3 Å². The van der Waals surface area contributed by atoms with Crippen molar-refractivity contribution >= 4 is 0 Å². The van der Waals surface area contributed by atoms with Gasteiger partial charge >= 0.3 is 0 Å². The fraction of sp³-hybridized carbons (Fsp3) is 0.214. The molecule has 0 aliphatic carbocycles. The number of hydrogen-bond acceptors (Lipinski definition) is 3. The SMILES string of the molecule is COc1ccc(C(O)c2ccccc2)nc1C. The van der Waals surface area contributed by atoms with Gasteiger partial charge in [0.05, 0.1) is 18.5 Å². The molecule has 17 heavy (non-hydrogen) atoms. The topological polar surface area (TPSA) is 42.4 Å². The van der Waals surface area contributed by atoms with E-state index in [2.05, 4.69) is 4.98 Å². The average molecular weight is 229 g/mol. The quantitative estimate of drug-likeness (QED) is 0.879. The molecule has 0 aliphatic rings. The van der Waals surface area contributed by atoms with Crippen LogP contribution >= 0.6 is 0 Å². The zero-order chi connectivity index (χ0) is 12.3. The van der Waals surface area contributed by atoms with Gasteiger partial charge in [0.1, 0.15) is 11.9 Å². The summed E-state index contributed by atoms with van der Waals surface area (Å²) in [6.45, 7) is 1.86. The summed E-state index contributed by atoms with van der Waals surface area (Å²) in [4.78, 5) is 4.35. The highest BCUT2D eigenvalue weighted by Crippen LogP contribution is 2.23. The summed E-state index contributed by atoms with van der Waals surface area (Å²) in [7, 11) is 1.61. The minimum atomic E-state index is -0.694. The number of benzene rings is 1. The van der Waals surface area contributed by atoms with E-state index in [1.165, 1.54) is 0 Å². The van der Waals surface area contributed by atoms with E-state index in [9.17, 15) is 5.11 Å². The van der Waals surface area contributed by atoms with Crippen molar-refractivity contribution in [2.75, 3.05) is 7.11 Å². The maximum absolute atomic E-state index is 10.2. The number of aliphatic hydroxyl groups excluding tert-OH is 1. The predicted molar refractivity (Wildman–Crippen MR) is 66.0 cm³/mol. The maximum atomic E-state index is 10.2. The first-order valence-electron chi connectivity index (χ1n) is 5.47. The second-order valence-electron chi connectivity index (χ2n) is 3.84. The zero-order valence-corrected chi connectivity index (χ0v) is 9.92. The van der Waals surface area contributed by atoms with Gasteiger partial charge in [-0.05, 0) is 24.6 Å². The van der Waals surface area contributed by atoms with Gasteiger partial charge in [-0.25, -0.2) is 0 Å². The van der Waals surface area contributed by atoms with Crippen LogP contribution in [0.15, 0.2) is 42.5 Å². The first-order chi connectivity index (χ1) is 8.22. The molecule has 1 unspecified atom stereocenters. The molecule has 0 fully saturated rings. The van der Waals surface area contributed by atoms with E-state index in [0.717, 1.165) is 17.0 Å². The van der Waals surface area contributed by atoms with Gasteiger partial charge in [-0.15, -0.1) is 0 Å². The third-order valence-electron chi connectivity index (χ3n) is 2.67. The minimum absolute atomic E-state index is 0.634. The summed E-state index contributed by atoms with van der Waals surface area (Å²) in [5.74, 6) is 0.731. The fourth-order valence-electron chi connectivity index (χ4n) is 1.74. The zero-order valence-electron chi connectivity index (χ0n) is 9.92. The summed E-state index contributed by atoms with van der Waals surface area (Å²) in [5.41, 5.74) is 2.25. The standard InChI is InChI=1S/C14H15NO2/c1-10-13(17-2)9-8-12(15-10)14(16)11-6-4-3-5-7-11/h3-9,14,16H,1-2H3. The summed E-state index contributed by atoms with van der Waals surface area (Å²) >= 11 is 0. The number of nitrogens with zero attached hydrogens (tertiary/aromatic N) is 1. The normalized spacial score (nSPS) is 12.2. The second-order valence-corrected chi connectivity index (χ2v) is 3.84. The number of methoxy groups -OCH3 is 1. The van der Waals surface area contributed by atoms with Crippen molar-refractivity contribution in [2.24, 2.45) is 0 Å². The lowest BCUT2D eigenvalue weighted by atomic mass is 10.1. The number of rotatable bonds is 3. The molecule has 88 valence electrons. The highest BCUT2D eigenvalue weighted by atomic mass is 16.5. The van der Waals surface area contributed by atoms with Crippen LogP contribution in [0.5, 0.6) is 5.75 Å². The van der Waals surface area contributed by atoms with Crippen molar-refractivity contribution in [3.8, 4) is 5.75 Å². The molecule has 1 heterocycles. The summed E-state index contributed by atoms with van der Waals surface area (Å²) in [6, 6.07) is 13.1. The van der Waals surface area contributed by atoms with Gasteiger partial charge in [0.2, 0.25) is 0 Å². The molecule has 1 aromatic heterocycles. The Hall–Kier alpha value is -1.87. The van der Waals surface area contributed by atoms with E-state index in [4.69, 9.17) is 4.74 Å². The van der Waals surface area contributed by atoms with Crippen LogP contribution in [0.2, 0.25) is 0 Å². The van der Waals surface area contributed by atoms with Crippen LogP contribution in [-0.2, 0) is 0 Å². The molecule has 2 aromatic rings. The van der Waals surface area contributed by atoms with Gasteiger partial charge in [0.15, 0.2) is 0 Å². The van der Waals surface area contributed by atoms with Gasteiger partial charge in [0, 0.05) is 0 Å². The van der Waals surface area contributed by atoms with E-state index in [1.807, 2.05) is 43.3 Å². The van der Waals surface area contributed by atoms with Gasteiger partial charge in [-0.3, -0.25) is 4.98 Å². The van der Waals surface area contributed by atoms with Crippen LogP contribution in [0.3, 0.4) is 0 Å². The molecule has 1 atom stereocenters. The Labute approximate surface area is 101 Å². The number of aryl methyl sites for hydroxylation is 1. The van der Waals surface area contributed by atoms with Crippen molar-refractivity contribution in [2.45, 2.75) is 13.0 Å². The molecular weight excluding hydrogens is 214 g/mol. The predicted octanol–water partition coefficient (Wildman–Crippen LogP) is 2.48. The molecular formula is C14H15NO2.